The van der Waals surface area contributed by atoms with Gasteiger partial charge in [0.15, 0.2) is 5.78 Å². The molecule has 0 aliphatic carbocycles. The van der Waals surface area contributed by atoms with Gasteiger partial charge in [-0.25, -0.2) is 0 Å². The highest BCUT2D eigenvalue weighted by molar-refractivity contribution is 6.00. The van der Waals surface area contributed by atoms with Crippen LogP contribution in [0.15, 0.2) is 30.3 Å². The van der Waals surface area contributed by atoms with Gasteiger partial charge in [0.1, 0.15) is 0 Å². The second kappa shape index (κ2) is 7.03. The van der Waals surface area contributed by atoms with Crippen molar-refractivity contribution < 1.29 is 4.79 Å². The molecule has 2 heteroatoms. The van der Waals surface area contributed by atoms with Gasteiger partial charge >= 0.3 is 0 Å². The van der Waals surface area contributed by atoms with E-state index in [2.05, 4.69) is 25.7 Å². The third kappa shape index (κ3) is 3.92. The molecule has 0 amide bonds. The monoisotopic (exact) mass is 273 g/mol. The number of likely N-dealkylation sites (tertiary alicyclic amines) is 1. The van der Waals surface area contributed by atoms with Crippen molar-refractivity contribution in [1.82, 2.24) is 4.90 Å². The molecule has 0 aromatic heterocycles. The van der Waals surface area contributed by atoms with Crippen molar-refractivity contribution in [3.8, 4) is 0 Å². The second-order valence-electron chi connectivity index (χ2n) is 6.59. The summed E-state index contributed by atoms with van der Waals surface area (Å²) >= 11 is 0. The molecule has 20 heavy (non-hydrogen) atoms. The van der Waals surface area contributed by atoms with E-state index in [0.717, 1.165) is 31.0 Å². The zero-order valence-electron chi connectivity index (χ0n) is 13.0. The quantitative estimate of drug-likeness (QED) is 0.755. The van der Waals surface area contributed by atoms with E-state index in [1.165, 1.54) is 12.8 Å². The fraction of sp³-hybridized carbons (Fsp3) is 0.611. The number of nitrogens with zero attached hydrogens (tertiary/aromatic N) is 1. The van der Waals surface area contributed by atoms with Crippen molar-refractivity contribution in [2.24, 2.45) is 11.8 Å². The Morgan fingerprint density at radius 3 is 2.35 bits per heavy atom. The molecule has 1 heterocycles. The van der Waals surface area contributed by atoms with Crippen LogP contribution in [-0.4, -0.2) is 29.8 Å². The molecule has 0 radical (unpaired) electrons. The third-order valence-corrected chi connectivity index (χ3v) is 4.31. The number of carbonyl (C=O) groups excluding carboxylic acids is 1. The molecule has 1 aliphatic heterocycles. The number of ketones is 1. The van der Waals surface area contributed by atoms with E-state index in [4.69, 9.17) is 0 Å². The van der Waals surface area contributed by atoms with Gasteiger partial charge in [-0.3, -0.25) is 9.69 Å². The molecule has 1 fully saturated rings. The van der Waals surface area contributed by atoms with Gasteiger partial charge in [-0.2, -0.15) is 0 Å². The molecule has 2 rings (SSSR count). The molecule has 2 nitrogen and oxygen atoms in total. The number of benzene rings is 1. The van der Waals surface area contributed by atoms with E-state index < -0.39 is 0 Å². The van der Waals surface area contributed by atoms with Gasteiger partial charge in [-0.1, -0.05) is 51.1 Å². The predicted molar refractivity (Wildman–Crippen MR) is 84.0 cm³/mol. The Bertz CT molecular complexity index is 418. The molecule has 1 aromatic rings. The molecule has 0 N–H and O–H groups in total. The normalized spacial score (nSPS) is 19.2. The summed E-state index contributed by atoms with van der Waals surface area (Å²) in [5.41, 5.74) is 0.858. The first kappa shape index (κ1) is 15.2. The van der Waals surface area contributed by atoms with Crippen molar-refractivity contribution >= 4 is 5.78 Å². The van der Waals surface area contributed by atoms with E-state index in [9.17, 15) is 4.79 Å². The molecule has 1 aliphatic rings. The fourth-order valence-corrected chi connectivity index (χ4v) is 3.00. The standard InChI is InChI=1S/C18H27NO/c1-14(2)13-17(19-11-9-15(3)10-12-19)18(20)16-7-5-4-6-8-16/h4-8,14-15,17H,9-13H2,1-3H3. The third-order valence-electron chi connectivity index (χ3n) is 4.31. The predicted octanol–water partition coefficient (Wildman–Crippen LogP) is 4.02. The molecular formula is C18H27NO. The van der Waals surface area contributed by atoms with Crippen LogP contribution in [0, 0.1) is 11.8 Å². The van der Waals surface area contributed by atoms with Crippen LogP contribution in [0.3, 0.4) is 0 Å². The molecule has 0 bridgehead atoms. The van der Waals surface area contributed by atoms with Gasteiger partial charge in [0.05, 0.1) is 6.04 Å². The van der Waals surface area contributed by atoms with Gasteiger partial charge in [-0.05, 0) is 44.2 Å². The first-order chi connectivity index (χ1) is 9.58. The lowest BCUT2D eigenvalue weighted by Crippen LogP contribution is -2.46. The summed E-state index contributed by atoms with van der Waals surface area (Å²) in [6, 6.07) is 9.84. The highest BCUT2D eigenvalue weighted by atomic mass is 16.1. The molecule has 1 unspecified atom stereocenters. The summed E-state index contributed by atoms with van der Waals surface area (Å²) in [5.74, 6) is 1.65. The molecule has 1 atom stereocenters. The first-order valence-electron chi connectivity index (χ1n) is 7.91. The van der Waals surface area contributed by atoms with Crippen LogP contribution in [0.1, 0.15) is 50.4 Å². The zero-order valence-corrected chi connectivity index (χ0v) is 13.0. The Morgan fingerprint density at radius 1 is 1.20 bits per heavy atom. The van der Waals surface area contributed by atoms with Crippen LogP contribution < -0.4 is 0 Å². The van der Waals surface area contributed by atoms with Crippen molar-refractivity contribution in [3.05, 3.63) is 35.9 Å². The maximum Gasteiger partial charge on any atom is 0.179 e. The van der Waals surface area contributed by atoms with Gasteiger partial charge < -0.3 is 0 Å². The molecular weight excluding hydrogens is 246 g/mol. The summed E-state index contributed by atoms with van der Waals surface area (Å²) in [6.45, 7) is 8.86. The topological polar surface area (TPSA) is 20.3 Å². The maximum atomic E-state index is 12.8. The Kier molecular flexibility index (Phi) is 5.36. The summed E-state index contributed by atoms with van der Waals surface area (Å²) in [4.78, 5) is 15.2. The second-order valence-corrected chi connectivity index (χ2v) is 6.59. The maximum absolute atomic E-state index is 12.8. The van der Waals surface area contributed by atoms with Crippen molar-refractivity contribution in [1.29, 1.82) is 0 Å². The molecule has 0 spiro atoms. The van der Waals surface area contributed by atoms with Crippen LogP contribution in [0.25, 0.3) is 0 Å². The largest absolute Gasteiger partial charge is 0.293 e. The average Bonchev–Trinajstić information content (AvgIpc) is 2.46. The number of hydrogen-bond acceptors (Lipinski definition) is 2. The van der Waals surface area contributed by atoms with E-state index in [-0.39, 0.29) is 6.04 Å². The Hall–Kier alpha value is -1.15. The Morgan fingerprint density at radius 2 is 1.80 bits per heavy atom. The first-order valence-corrected chi connectivity index (χ1v) is 7.91. The summed E-state index contributed by atoms with van der Waals surface area (Å²) in [7, 11) is 0. The Labute approximate surface area is 123 Å². The minimum absolute atomic E-state index is 0.0601. The highest BCUT2D eigenvalue weighted by Gasteiger charge is 2.29. The summed E-state index contributed by atoms with van der Waals surface area (Å²) in [5, 5.41) is 0. The van der Waals surface area contributed by atoms with E-state index in [1.807, 2.05) is 30.3 Å². The summed E-state index contributed by atoms with van der Waals surface area (Å²) in [6.07, 6.45) is 3.40. The number of piperidine rings is 1. The van der Waals surface area contributed by atoms with Crippen LogP contribution in [0.2, 0.25) is 0 Å². The minimum atomic E-state index is 0.0601. The minimum Gasteiger partial charge on any atom is -0.293 e. The lowest BCUT2D eigenvalue weighted by molar-refractivity contribution is 0.0709. The smallest absolute Gasteiger partial charge is 0.179 e. The van der Waals surface area contributed by atoms with Crippen LogP contribution >= 0.6 is 0 Å². The van der Waals surface area contributed by atoms with Crippen LogP contribution in [0.4, 0.5) is 0 Å². The van der Waals surface area contributed by atoms with Crippen molar-refractivity contribution in [3.63, 3.8) is 0 Å². The van der Waals surface area contributed by atoms with Crippen LogP contribution in [0.5, 0.6) is 0 Å². The molecule has 0 saturated carbocycles. The van der Waals surface area contributed by atoms with E-state index >= 15 is 0 Å². The van der Waals surface area contributed by atoms with Gasteiger partial charge in [0.25, 0.3) is 0 Å². The summed E-state index contributed by atoms with van der Waals surface area (Å²) < 4.78 is 0. The van der Waals surface area contributed by atoms with Crippen molar-refractivity contribution in [2.45, 2.75) is 46.1 Å². The molecule has 1 aromatic carbocycles. The Balaban J connectivity index is 2.13. The molecule has 110 valence electrons. The average molecular weight is 273 g/mol. The SMILES string of the molecule is CC(C)CC(C(=O)c1ccccc1)N1CCC(C)CC1. The van der Waals surface area contributed by atoms with Gasteiger partial charge in [0.2, 0.25) is 0 Å². The lowest BCUT2D eigenvalue weighted by Gasteiger charge is -2.36. The molecule has 1 saturated heterocycles. The van der Waals surface area contributed by atoms with Gasteiger partial charge in [-0.15, -0.1) is 0 Å². The zero-order chi connectivity index (χ0) is 14.5. The van der Waals surface area contributed by atoms with E-state index in [1.54, 1.807) is 0 Å². The number of carbonyl (C=O) groups is 1. The number of Topliss-reactive ketones (excluding diaryl/α,β-unsaturated/α-hetero) is 1. The highest BCUT2D eigenvalue weighted by Crippen LogP contribution is 2.23. The number of rotatable bonds is 5. The van der Waals surface area contributed by atoms with Crippen molar-refractivity contribution in [2.75, 3.05) is 13.1 Å². The number of hydrogen-bond donors (Lipinski definition) is 0. The fourth-order valence-electron chi connectivity index (χ4n) is 3.00. The lowest BCUT2D eigenvalue weighted by atomic mass is 9.91. The van der Waals surface area contributed by atoms with Gasteiger partial charge in [0, 0.05) is 5.56 Å². The van der Waals surface area contributed by atoms with Crippen LogP contribution in [-0.2, 0) is 0 Å². The van der Waals surface area contributed by atoms with E-state index in [0.29, 0.717) is 11.7 Å².